The summed E-state index contributed by atoms with van der Waals surface area (Å²) in [4.78, 5) is 15.2. The molecule has 0 aliphatic heterocycles. The minimum atomic E-state index is -1.06. The number of aromatic nitrogens is 1. The van der Waals surface area contributed by atoms with Gasteiger partial charge in [0, 0.05) is 11.1 Å². The third kappa shape index (κ3) is 2.50. The Morgan fingerprint density at radius 1 is 1.83 bits per heavy atom. The van der Waals surface area contributed by atoms with Crippen molar-refractivity contribution in [1.29, 1.82) is 0 Å². The molecule has 0 bridgehead atoms. The number of hydrogen-bond donors (Lipinski definition) is 2. The molecule has 66 valence electrons. The first kappa shape index (κ1) is 8.99. The summed E-state index contributed by atoms with van der Waals surface area (Å²) in [7, 11) is 0. The molecular formula is C7H10N2O2S. The van der Waals surface area contributed by atoms with Crippen molar-refractivity contribution < 1.29 is 9.90 Å². The van der Waals surface area contributed by atoms with Crippen molar-refractivity contribution in [3.8, 4) is 0 Å². The summed E-state index contributed by atoms with van der Waals surface area (Å²) in [5.41, 5.74) is 0. The molecule has 1 rings (SSSR count). The molecule has 0 radical (unpaired) electrons. The van der Waals surface area contributed by atoms with Crippen LogP contribution in [0.5, 0.6) is 0 Å². The van der Waals surface area contributed by atoms with Crippen LogP contribution in [0.3, 0.4) is 0 Å². The Bertz CT molecular complexity index is 272. The van der Waals surface area contributed by atoms with E-state index < -0.39 is 6.09 Å². The zero-order valence-corrected chi connectivity index (χ0v) is 7.52. The van der Waals surface area contributed by atoms with Crippen molar-refractivity contribution in [1.82, 2.24) is 4.98 Å². The Kier molecular flexibility index (Phi) is 3.04. The fraction of sp³-hybridized carbons (Fsp3) is 0.429. The summed E-state index contributed by atoms with van der Waals surface area (Å²) in [6, 6.07) is 0. The van der Waals surface area contributed by atoms with Crippen LogP contribution in [0.25, 0.3) is 0 Å². The fourth-order valence-corrected chi connectivity index (χ4v) is 1.72. The number of carboxylic acid groups (broad SMARTS) is 1. The van der Waals surface area contributed by atoms with Crippen LogP contribution in [0.4, 0.5) is 9.93 Å². The standard InChI is InChI=1S/C7H10N2O2S/c1-2-3-5-4-8-6(12-5)9-7(10)11/h4H,2-3H2,1H3,(H,8,9)(H,10,11). The van der Waals surface area contributed by atoms with Gasteiger partial charge in [0.25, 0.3) is 0 Å². The van der Waals surface area contributed by atoms with Crippen molar-refractivity contribution in [2.24, 2.45) is 0 Å². The highest BCUT2D eigenvalue weighted by atomic mass is 32.1. The molecule has 0 aromatic carbocycles. The zero-order valence-electron chi connectivity index (χ0n) is 6.70. The molecule has 1 heterocycles. The molecule has 2 N–H and O–H groups in total. The molecule has 1 amide bonds. The van der Waals surface area contributed by atoms with Crippen LogP contribution in [-0.2, 0) is 6.42 Å². The first-order chi connectivity index (χ1) is 5.72. The first-order valence-corrected chi connectivity index (χ1v) is 4.48. The normalized spacial score (nSPS) is 9.75. The second kappa shape index (κ2) is 4.06. The van der Waals surface area contributed by atoms with Crippen molar-refractivity contribution in [2.75, 3.05) is 5.32 Å². The van der Waals surface area contributed by atoms with E-state index in [-0.39, 0.29) is 0 Å². The SMILES string of the molecule is CCCc1cnc(NC(=O)O)s1. The van der Waals surface area contributed by atoms with Gasteiger partial charge >= 0.3 is 6.09 Å². The number of hydrogen-bond acceptors (Lipinski definition) is 3. The van der Waals surface area contributed by atoms with Crippen LogP contribution < -0.4 is 5.32 Å². The number of aryl methyl sites for hydroxylation is 1. The van der Waals surface area contributed by atoms with Gasteiger partial charge in [0.1, 0.15) is 0 Å². The third-order valence-corrected chi connectivity index (χ3v) is 2.24. The van der Waals surface area contributed by atoms with Crippen LogP contribution in [0.15, 0.2) is 6.20 Å². The lowest BCUT2D eigenvalue weighted by atomic mass is 10.3. The number of anilines is 1. The lowest BCUT2D eigenvalue weighted by Crippen LogP contribution is -2.06. The molecule has 0 atom stereocenters. The number of nitrogens with one attached hydrogen (secondary N) is 1. The van der Waals surface area contributed by atoms with E-state index >= 15 is 0 Å². The summed E-state index contributed by atoms with van der Waals surface area (Å²) in [5, 5.41) is 11.0. The van der Waals surface area contributed by atoms with Crippen LogP contribution in [-0.4, -0.2) is 16.2 Å². The molecule has 0 saturated heterocycles. The van der Waals surface area contributed by atoms with E-state index in [9.17, 15) is 4.79 Å². The van der Waals surface area contributed by atoms with Gasteiger partial charge in [0.05, 0.1) is 0 Å². The lowest BCUT2D eigenvalue weighted by molar-refractivity contribution is 0.209. The quantitative estimate of drug-likeness (QED) is 0.760. The monoisotopic (exact) mass is 186 g/mol. The molecule has 0 unspecified atom stereocenters. The van der Waals surface area contributed by atoms with Crippen molar-refractivity contribution >= 4 is 22.6 Å². The Labute approximate surface area is 74.3 Å². The Hall–Kier alpha value is -1.10. The van der Waals surface area contributed by atoms with Crippen LogP contribution in [0.2, 0.25) is 0 Å². The van der Waals surface area contributed by atoms with E-state index in [4.69, 9.17) is 5.11 Å². The first-order valence-electron chi connectivity index (χ1n) is 3.67. The molecule has 12 heavy (non-hydrogen) atoms. The molecule has 0 saturated carbocycles. The molecule has 4 nitrogen and oxygen atoms in total. The van der Waals surface area contributed by atoms with Gasteiger partial charge in [-0.2, -0.15) is 0 Å². The summed E-state index contributed by atoms with van der Waals surface area (Å²) < 4.78 is 0. The fourth-order valence-electron chi connectivity index (χ4n) is 0.819. The largest absolute Gasteiger partial charge is 0.465 e. The summed E-state index contributed by atoms with van der Waals surface area (Å²) in [6.07, 6.45) is 2.65. The maximum Gasteiger partial charge on any atom is 0.410 e. The minimum Gasteiger partial charge on any atom is -0.465 e. The molecule has 0 aliphatic carbocycles. The number of thiazole rings is 1. The van der Waals surface area contributed by atoms with Crippen LogP contribution >= 0.6 is 11.3 Å². The maximum absolute atomic E-state index is 10.2. The summed E-state index contributed by atoms with van der Waals surface area (Å²) in [6.45, 7) is 2.07. The minimum absolute atomic E-state index is 0.450. The molecule has 1 aromatic rings. The van der Waals surface area contributed by atoms with Gasteiger partial charge in [-0.05, 0) is 6.42 Å². The van der Waals surface area contributed by atoms with Gasteiger partial charge in [-0.25, -0.2) is 9.78 Å². The summed E-state index contributed by atoms with van der Waals surface area (Å²) in [5.74, 6) is 0. The Balaban J connectivity index is 2.58. The number of amides is 1. The predicted molar refractivity (Wildman–Crippen MR) is 47.8 cm³/mol. The van der Waals surface area contributed by atoms with Crippen molar-refractivity contribution in [2.45, 2.75) is 19.8 Å². The Morgan fingerprint density at radius 2 is 2.58 bits per heavy atom. The zero-order chi connectivity index (χ0) is 8.97. The highest BCUT2D eigenvalue weighted by molar-refractivity contribution is 7.15. The molecular weight excluding hydrogens is 176 g/mol. The van der Waals surface area contributed by atoms with E-state index in [1.807, 2.05) is 0 Å². The van der Waals surface area contributed by atoms with Gasteiger partial charge in [-0.3, -0.25) is 5.32 Å². The molecule has 0 spiro atoms. The lowest BCUT2D eigenvalue weighted by Gasteiger charge is -1.91. The number of carbonyl (C=O) groups is 1. The van der Waals surface area contributed by atoms with Gasteiger partial charge in [-0.15, -0.1) is 11.3 Å². The highest BCUT2D eigenvalue weighted by Crippen LogP contribution is 2.18. The van der Waals surface area contributed by atoms with E-state index in [1.165, 1.54) is 11.3 Å². The van der Waals surface area contributed by atoms with E-state index in [0.29, 0.717) is 5.13 Å². The molecule has 5 heteroatoms. The average molecular weight is 186 g/mol. The van der Waals surface area contributed by atoms with Crippen LogP contribution in [0, 0.1) is 0 Å². The topological polar surface area (TPSA) is 62.2 Å². The smallest absolute Gasteiger partial charge is 0.410 e. The van der Waals surface area contributed by atoms with E-state index in [2.05, 4.69) is 17.2 Å². The average Bonchev–Trinajstić information content (AvgIpc) is 2.36. The molecule has 0 fully saturated rings. The third-order valence-electron chi connectivity index (χ3n) is 1.26. The van der Waals surface area contributed by atoms with Crippen LogP contribution in [0.1, 0.15) is 18.2 Å². The van der Waals surface area contributed by atoms with Gasteiger partial charge in [0.15, 0.2) is 5.13 Å². The van der Waals surface area contributed by atoms with Gasteiger partial charge in [-0.1, -0.05) is 13.3 Å². The van der Waals surface area contributed by atoms with Gasteiger partial charge in [0.2, 0.25) is 0 Å². The van der Waals surface area contributed by atoms with Gasteiger partial charge < -0.3 is 5.11 Å². The summed E-state index contributed by atoms with van der Waals surface area (Å²) >= 11 is 1.38. The highest BCUT2D eigenvalue weighted by Gasteiger charge is 2.02. The van der Waals surface area contributed by atoms with E-state index in [0.717, 1.165) is 17.7 Å². The van der Waals surface area contributed by atoms with Crippen molar-refractivity contribution in [3.63, 3.8) is 0 Å². The second-order valence-electron chi connectivity index (χ2n) is 2.31. The second-order valence-corrected chi connectivity index (χ2v) is 3.43. The molecule has 0 aliphatic rings. The van der Waals surface area contributed by atoms with Crippen molar-refractivity contribution in [3.05, 3.63) is 11.1 Å². The Morgan fingerprint density at radius 3 is 3.17 bits per heavy atom. The number of nitrogens with zero attached hydrogens (tertiary/aromatic N) is 1. The molecule has 1 aromatic heterocycles. The predicted octanol–water partition coefficient (Wildman–Crippen LogP) is 2.19. The van der Waals surface area contributed by atoms with E-state index in [1.54, 1.807) is 6.20 Å². The maximum atomic E-state index is 10.2. The number of rotatable bonds is 3.